The fourth-order valence-electron chi connectivity index (χ4n) is 3.52. The molecule has 0 spiro atoms. The molecular weight excluding hydrogens is 468 g/mol. The molecule has 5 aromatic rings. The third-order valence-corrected chi connectivity index (χ3v) is 7.17. The Hall–Kier alpha value is -3.69. The standard InChI is InChI=1S/C25H20N4O3S2/c1-3-13-29-24(30)18-14-20(16-9-5-4-6-10-16)34-23(18)27-25(29)33-15-21-26-22(28-32-21)17-11-7-8-12-19(17)31-2/h3-12,14H,1,13,15H2,2H3. The molecule has 0 N–H and O–H groups in total. The fraction of sp³-hybridized carbons (Fsp3) is 0.120. The van der Waals surface area contributed by atoms with Crippen LogP contribution < -0.4 is 10.3 Å². The minimum absolute atomic E-state index is 0.0916. The predicted molar refractivity (Wildman–Crippen MR) is 135 cm³/mol. The maximum Gasteiger partial charge on any atom is 0.263 e. The molecule has 3 aromatic heterocycles. The maximum atomic E-state index is 13.3. The maximum absolute atomic E-state index is 13.3. The average Bonchev–Trinajstić information content (AvgIpc) is 3.53. The van der Waals surface area contributed by atoms with Gasteiger partial charge in [-0.2, -0.15) is 4.98 Å². The summed E-state index contributed by atoms with van der Waals surface area (Å²) in [5.41, 5.74) is 1.72. The van der Waals surface area contributed by atoms with Crippen molar-refractivity contribution in [3.8, 4) is 27.6 Å². The van der Waals surface area contributed by atoms with E-state index >= 15 is 0 Å². The Morgan fingerprint density at radius 3 is 2.74 bits per heavy atom. The molecule has 2 aromatic carbocycles. The van der Waals surface area contributed by atoms with Crippen LogP contribution in [0.15, 0.2) is 87.8 Å². The molecule has 0 unspecified atom stereocenters. The summed E-state index contributed by atoms with van der Waals surface area (Å²) in [7, 11) is 1.60. The lowest BCUT2D eigenvalue weighted by Gasteiger charge is -2.08. The zero-order valence-corrected chi connectivity index (χ0v) is 19.9. The summed E-state index contributed by atoms with van der Waals surface area (Å²) < 4.78 is 12.5. The molecule has 9 heteroatoms. The first-order chi connectivity index (χ1) is 16.7. The number of aromatic nitrogens is 4. The van der Waals surface area contributed by atoms with E-state index in [1.807, 2.05) is 60.7 Å². The van der Waals surface area contributed by atoms with Crippen molar-refractivity contribution in [1.82, 2.24) is 19.7 Å². The minimum Gasteiger partial charge on any atom is -0.496 e. The Bertz CT molecular complexity index is 1520. The molecule has 0 aliphatic carbocycles. The summed E-state index contributed by atoms with van der Waals surface area (Å²) in [5.74, 6) is 1.92. The second-order valence-corrected chi connectivity index (χ2v) is 9.27. The third kappa shape index (κ3) is 4.27. The number of ether oxygens (including phenoxy) is 1. The van der Waals surface area contributed by atoms with Crippen LogP contribution in [0.4, 0.5) is 0 Å². The van der Waals surface area contributed by atoms with Crippen molar-refractivity contribution in [2.45, 2.75) is 17.5 Å². The van der Waals surface area contributed by atoms with Crippen molar-refractivity contribution in [3.63, 3.8) is 0 Å². The summed E-state index contributed by atoms with van der Waals surface area (Å²) in [6, 6.07) is 19.4. The molecule has 0 aliphatic rings. The number of fused-ring (bicyclic) bond motifs is 1. The first-order valence-corrected chi connectivity index (χ1v) is 12.3. The number of rotatable bonds is 8. The van der Waals surface area contributed by atoms with Crippen LogP contribution in [-0.2, 0) is 12.3 Å². The van der Waals surface area contributed by atoms with E-state index < -0.39 is 0 Å². The van der Waals surface area contributed by atoms with Gasteiger partial charge in [0.2, 0.25) is 11.7 Å². The van der Waals surface area contributed by atoms with Gasteiger partial charge in [-0.15, -0.1) is 17.9 Å². The Labute approximate surface area is 203 Å². The smallest absolute Gasteiger partial charge is 0.263 e. The van der Waals surface area contributed by atoms with Crippen molar-refractivity contribution in [2.75, 3.05) is 7.11 Å². The molecule has 0 saturated heterocycles. The quantitative estimate of drug-likeness (QED) is 0.158. The predicted octanol–water partition coefficient (Wildman–Crippen LogP) is 5.66. The molecule has 0 aliphatic heterocycles. The van der Waals surface area contributed by atoms with Crippen LogP contribution in [0.25, 0.3) is 32.0 Å². The highest BCUT2D eigenvalue weighted by Crippen LogP contribution is 2.33. The first-order valence-electron chi connectivity index (χ1n) is 10.5. The Morgan fingerprint density at radius 1 is 1.15 bits per heavy atom. The summed E-state index contributed by atoms with van der Waals surface area (Å²) >= 11 is 2.88. The van der Waals surface area contributed by atoms with Crippen LogP contribution in [0.3, 0.4) is 0 Å². The number of hydrogen-bond acceptors (Lipinski definition) is 8. The topological polar surface area (TPSA) is 83.0 Å². The lowest BCUT2D eigenvalue weighted by Crippen LogP contribution is -2.22. The molecule has 0 radical (unpaired) electrons. The van der Waals surface area contributed by atoms with Gasteiger partial charge >= 0.3 is 0 Å². The molecule has 0 saturated carbocycles. The number of hydrogen-bond donors (Lipinski definition) is 0. The SMILES string of the molecule is C=CCn1c(SCc2nc(-c3ccccc3OC)no2)nc2sc(-c3ccccc3)cc2c1=O. The van der Waals surface area contributed by atoms with Gasteiger partial charge < -0.3 is 9.26 Å². The Morgan fingerprint density at radius 2 is 1.94 bits per heavy atom. The van der Waals surface area contributed by atoms with Gasteiger partial charge in [-0.25, -0.2) is 4.98 Å². The zero-order valence-electron chi connectivity index (χ0n) is 18.3. The largest absolute Gasteiger partial charge is 0.496 e. The Balaban J connectivity index is 1.45. The molecule has 0 bridgehead atoms. The van der Waals surface area contributed by atoms with Gasteiger partial charge in [0, 0.05) is 11.4 Å². The molecule has 34 heavy (non-hydrogen) atoms. The second kappa shape index (κ2) is 9.66. The highest BCUT2D eigenvalue weighted by Gasteiger charge is 2.17. The lowest BCUT2D eigenvalue weighted by molar-refractivity contribution is 0.390. The molecule has 170 valence electrons. The van der Waals surface area contributed by atoms with Gasteiger partial charge in [0.15, 0.2) is 5.16 Å². The van der Waals surface area contributed by atoms with Crippen LogP contribution in [0.2, 0.25) is 0 Å². The van der Waals surface area contributed by atoms with E-state index in [9.17, 15) is 4.79 Å². The van der Waals surface area contributed by atoms with E-state index in [4.69, 9.17) is 14.2 Å². The van der Waals surface area contributed by atoms with E-state index in [0.717, 1.165) is 16.0 Å². The van der Waals surface area contributed by atoms with Gasteiger partial charge in [0.05, 0.1) is 23.8 Å². The number of methoxy groups -OCH3 is 1. The third-order valence-electron chi connectivity index (χ3n) is 5.13. The van der Waals surface area contributed by atoms with Crippen LogP contribution in [-0.4, -0.2) is 26.8 Å². The van der Waals surface area contributed by atoms with Gasteiger partial charge in [-0.3, -0.25) is 9.36 Å². The van der Waals surface area contributed by atoms with E-state index in [0.29, 0.717) is 45.1 Å². The molecule has 7 nitrogen and oxygen atoms in total. The molecule has 3 heterocycles. The van der Waals surface area contributed by atoms with Crippen molar-refractivity contribution in [2.24, 2.45) is 0 Å². The number of thioether (sulfide) groups is 1. The number of nitrogens with zero attached hydrogens (tertiary/aromatic N) is 4. The first kappa shape index (κ1) is 22.1. The van der Waals surface area contributed by atoms with Gasteiger partial charge in [0.1, 0.15) is 10.6 Å². The number of thiophene rings is 1. The normalized spacial score (nSPS) is 11.1. The summed E-state index contributed by atoms with van der Waals surface area (Å²) in [6.07, 6.45) is 1.69. The molecule has 0 amide bonds. The van der Waals surface area contributed by atoms with Crippen LogP contribution in [0, 0.1) is 0 Å². The fourth-order valence-corrected chi connectivity index (χ4v) is 5.44. The monoisotopic (exact) mass is 488 g/mol. The highest BCUT2D eigenvalue weighted by molar-refractivity contribution is 7.98. The molecule has 0 fully saturated rings. The van der Waals surface area contributed by atoms with Crippen molar-refractivity contribution >= 4 is 33.3 Å². The van der Waals surface area contributed by atoms with Gasteiger partial charge in [-0.05, 0) is 23.8 Å². The van der Waals surface area contributed by atoms with Crippen LogP contribution >= 0.6 is 23.1 Å². The second-order valence-electron chi connectivity index (χ2n) is 7.29. The molecule has 5 rings (SSSR count). The van der Waals surface area contributed by atoms with E-state index in [1.54, 1.807) is 17.8 Å². The molecule has 0 atom stereocenters. The molecular formula is C25H20N4O3S2. The minimum atomic E-state index is -0.0916. The number of benzene rings is 2. The lowest BCUT2D eigenvalue weighted by atomic mass is 10.2. The van der Waals surface area contributed by atoms with E-state index in [1.165, 1.54) is 23.1 Å². The van der Waals surface area contributed by atoms with Gasteiger partial charge in [0.25, 0.3) is 5.56 Å². The summed E-state index contributed by atoms with van der Waals surface area (Å²) in [6.45, 7) is 4.15. The average molecular weight is 489 g/mol. The van der Waals surface area contributed by atoms with E-state index in [-0.39, 0.29) is 5.56 Å². The van der Waals surface area contributed by atoms with Crippen LogP contribution in [0.5, 0.6) is 5.75 Å². The zero-order chi connectivity index (χ0) is 23.5. The van der Waals surface area contributed by atoms with Crippen molar-refractivity contribution < 1.29 is 9.26 Å². The summed E-state index contributed by atoms with van der Waals surface area (Å²) in [4.78, 5) is 24.3. The summed E-state index contributed by atoms with van der Waals surface area (Å²) in [5, 5.41) is 5.27. The van der Waals surface area contributed by atoms with Crippen molar-refractivity contribution in [1.29, 1.82) is 0 Å². The highest BCUT2D eigenvalue weighted by atomic mass is 32.2. The number of allylic oxidation sites excluding steroid dienone is 1. The van der Waals surface area contributed by atoms with Gasteiger partial charge in [-0.1, -0.05) is 65.5 Å². The van der Waals surface area contributed by atoms with Crippen molar-refractivity contribution in [3.05, 3.63) is 89.6 Å². The van der Waals surface area contributed by atoms with Crippen LogP contribution in [0.1, 0.15) is 5.89 Å². The Kier molecular flexibility index (Phi) is 6.29. The number of para-hydroxylation sites is 1. The van der Waals surface area contributed by atoms with E-state index in [2.05, 4.69) is 16.7 Å².